The molecule has 3 nitrogen and oxygen atoms in total. The van der Waals surface area contributed by atoms with Gasteiger partial charge in [-0.05, 0) is 21.0 Å². The third-order valence-corrected chi connectivity index (χ3v) is 9.40. The number of hydrogen-bond donors (Lipinski definition) is 0. The average molecular weight is 371 g/mol. The Labute approximate surface area is 158 Å². The van der Waals surface area contributed by atoms with Crippen LogP contribution in [0.4, 0.5) is 0 Å². The first-order valence-corrected chi connectivity index (χ1v) is 10.8. The maximum absolute atomic E-state index is 6.78. The van der Waals surface area contributed by atoms with Gasteiger partial charge in [-0.15, -0.1) is 0 Å². The van der Waals surface area contributed by atoms with Gasteiger partial charge in [0.05, 0.1) is 13.2 Å². The second-order valence-electron chi connectivity index (χ2n) is 7.46. The molecule has 0 saturated heterocycles. The summed E-state index contributed by atoms with van der Waals surface area (Å²) >= 11 is 0. The van der Waals surface area contributed by atoms with Crippen molar-refractivity contribution in [2.45, 2.75) is 25.8 Å². The molecular formula is C22H30O3Si. The average Bonchev–Trinajstić information content (AvgIpc) is 2.63. The minimum absolute atomic E-state index is 0.0383. The molecule has 0 unspecified atom stereocenters. The summed E-state index contributed by atoms with van der Waals surface area (Å²) in [5.41, 5.74) is 0.912. The monoisotopic (exact) mass is 370 g/mol. The predicted octanol–water partition coefficient (Wildman–Crippen LogP) is 3.74. The molecule has 0 aliphatic heterocycles. The van der Waals surface area contributed by atoms with Gasteiger partial charge in [0.15, 0.2) is 0 Å². The van der Waals surface area contributed by atoms with E-state index in [9.17, 15) is 0 Å². The first-order chi connectivity index (χ1) is 12.4. The first-order valence-electron chi connectivity index (χ1n) is 8.90. The smallest absolute Gasteiger partial charge is 0.261 e. The van der Waals surface area contributed by atoms with E-state index < -0.39 is 8.32 Å². The van der Waals surface area contributed by atoms with E-state index >= 15 is 0 Å². The molecule has 26 heavy (non-hydrogen) atoms. The van der Waals surface area contributed by atoms with Crippen molar-refractivity contribution in [3.05, 3.63) is 72.8 Å². The Bertz CT molecular complexity index is 638. The molecule has 140 valence electrons. The van der Waals surface area contributed by atoms with Crippen molar-refractivity contribution >= 4 is 18.7 Å². The lowest BCUT2D eigenvalue weighted by Gasteiger charge is -2.43. The van der Waals surface area contributed by atoms with Gasteiger partial charge in [0.1, 0.15) is 6.79 Å². The molecule has 0 amide bonds. The molecule has 0 aliphatic carbocycles. The molecule has 0 N–H and O–H groups in total. The summed E-state index contributed by atoms with van der Waals surface area (Å²) in [5, 5.41) is 2.50. The highest BCUT2D eigenvalue weighted by Crippen LogP contribution is 2.36. The summed E-state index contributed by atoms with van der Waals surface area (Å²) < 4.78 is 17.1. The lowest BCUT2D eigenvalue weighted by atomic mass is 10.2. The van der Waals surface area contributed by atoms with Crippen LogP contribution >= 0.6 is 0 Å². The number of hydrogen-bond acceptors (Lipinski definition) is 3. The van der Waals surface area contributed by atoms with Crippen LogP contribution in [0.15, 0.2) is 72.8 Å². The van der Waals surface area contributed by atoms with Crippen molar-refractivity contribution in [3.63, 3.8) is 0 Å². The lowest BCUT2D eigenvalue weighted by Crippen LogP contribution is -2.66. The van der Waals surface area contributed by atoms with E-state index in [0.29, 0.717) is 13.2 Å². The van der Waals surface area contributed by atoms with Crippen LogP contribution in [-0.2, 0) is 13.9 Å². The highest BCUT2D eigenvalue weighted by molar-refractivity contribution is 6.99. The van der Waals surface area contributed by atoms with Crippen LogP contribution in [0, 0.1) is 0 Å². The Balaban J connectivity index is 2.39. The van der Waals surface area contributed by atoms with Gasteiger partial charge in [-0.25, -0.2) is 0 Å². The van der Waals surface area contributed by atoms with Gasteiger partial charge < -0.3 is 13.9 Å². The molecule has 0 aromatic heterocycles. The maximum Gasteiger partial charge on any atom is 0.261 e. The number of methoxy groups -OCH3 is 1. The zero-order chi connectivity index (χ0) is 19.0. The molecule has 2 aromatic rings. The topological polar surface area (TPSA) is 27.7 Å². The van der Waals surface area contributed by atoms with Crippen LogP contribution in [0.25, 0.3) is 0 Å². The van der Waals surface area contributed by atoms with Crippen molar-refractivity contribution < 1.29 is 13.9 Å². The van der Waals surface area contributed by atoms with Crippen molar-refractivity contribution in [2.75, 3.05) is 27.1 Å². The fraction of sp³-hybridized carbons (Fsp3) is 0.364. The number of ether oxygens (including phenoxy) is 2. The summed E-state index contributed by atoms with van der Waals surface area (Å²) in [4.78, 5) is 0. The van der Waals surface area contributed by atoms with E-state index in [1.165, 1.54) is 10.4 Å². The fourth-order valence-corrected chi connectivity index (χ4v) is 7.86. The predicted molar refractivity (Wildman–Crippen MR) is 111 cm³/mol. The van der Waals surface area contributed by atoms with Crippen molar-refractivity contribution in [1.29, 1.82) is 0 Å². The summed E-state index contributed by atoms with van der Waals surface area (Å²) in [6, 6.07) is 21.2. The summed E-state index contributed by atoms with van der Waals surface area (Å²) in [7, 11) is -0.895. The molecule has 0 fully saturated rings. The Kier molecular flexibility index (Phi) is 7.35. The van der Waals surface area contributed by atoms with E-state index in [-0.39, 0.29) is 11.8 Å². The Hall–Kier alpha value is -1.72. The SMILES string of the molecule is C=C(COCOC)CO[Si](c1ccccc1)(c1ccccc1)C(C)(C)C. The van der Waals surface area contributed by atoms with Crippen LogP contribution < -0.4 is 10.4 Å². The van der Waals surface area contributed by atoms with Crippen molar-refractivity contribution in [2.24, 2.45) is 0 Å². The Morgan fingerprint density at radius 2 is 1.38 bits per heavy atom. The van der Waals surface area contributed by atoms with Crippen LogP contribution in [-0.4, -0.2) is 35.4 Å². The number of benzene rings is 2. The molecule has 0 saturated carbocycles. The fourth-order valence-electron chi connectivity index (χ4n) is 3.28. The molecule has 2 rings (SSSR count). The molecule has 2 aromatic carbocycles. The second kappa shape index (κ2) is 9.28. The molecule has 0 aliphatic rings. The first kappa shape index (κ1) is 20.6. The summed E-state index contributed by atoms with van der Waals surface area (Å²) in [5.74, 6) is 0. The van der Waals surface area contributed by atoms with Gasteiger partial charge in [-0.2, -0.15) is 0 Å². The lowest BCUT2D eigenvalue weighted by molar-refractivity contribution is -0.0225. The van der Waals surface area contributed by atoms with Gasteiger partial charge in [-0.3, -0.25) is 0 Å². The van der Waals surface area contributed by atoms with E-state index in [2.05, 4.69) is 75.9 Å². The van der Waals surface area contributed by atoms with Crippen LogP contribution in [0.5, 0.6) is 0 Å². The maximum atomic E-state index is 6.78. The van der Waals surface area contributed by atoms with Gasteiger partial charge in [-0.1, -0.05) is 88.0 Å². The molecule has 0 spiro atoms. The van der Waals surface area contributed by atoms with E-state index in [1.54, 1.807) is 7.11 Å². The largest absolute Gasteiger partial charge is 0.403 e. The molecule has 0 bridgehead atoms. The summed E-state index contributed by atoms with van der Waals surface area (Å²) in [6.07, 6.45) is 0. The van der Waals surface area contributed by atoms with Crippen molar-refractivity contribution in [3.8, 4) is 0 Å². The van der Waals surface area contributed by atoms with Gasteiger partial charge in [0.2, 0.25) is 0 Å². The minimum Gasteiger partial charge on any atom is -0.403 e. The van der Waals surface area contributed by atoms with Gasteiger partial charge in [0.25, 0.3) is 8.32 Å². The third kappa shape index (κ3) is 4.71. The highest BCUT2D eigenvalue weighted by Gasteiger charge is 2.50. The Morgan fingerprint density at radius 1 is 0.885 bits per heavy atom. The zero-order valence-electron chi connectivity index (χ0n) is 16.3. The van der Waals surface area contributed by atoms with Crippen LogP contribution in [0.3, 0.4) is 0 Å². The van der Waals surface area contributed by atoms with E-state index in [0.717, 1.165) is 5.57 Å². The van der Waals surface area contributed by atoms with Crippen LogP contribution in [0.1, 0.15) is 20.8 Å². The van der Waals surface area contributed by atoms with Crippen molar-refractivity contribution in [1.82, 2.24) is 0 Å². The molecular weight excluding hydrogens is 340 g/mol. The number of rotatable bonds is 9. The second-order valence-corrected chi connectivity index (χ2v) is 11.8. The van der Waals surface area contributed by atoms with E-state index in [4.69, 9.17) is 13.9 Å². The molecule has 4 heteroatoms. The molecule has 0 heterocycles. The highest BCUT2D eigenvalue weighted by atomic mass is 28.4. The normalized spacial score (nSPS) is 12.2. The minimum atomic E-state index is -2.51. The standard InChI is InChI=1S/C22H30O3Si/c1-19(16-24-18-23-5)17-25-26(22(2,3)4,20-12-8-6-9-13-20)21-14-10-7-11-15-21/h6-15H,1,16-18H2,2-5H3. The summed E-state index contributed by atoms with van der Waals surface area (Å²) in [6.45, 7) is 12.1. The Morgan fingerprint density at radius 3 is 1.81 bits per heavy atom. The third-order valence-electron chi connectivity index (χ3n) is 4.42. The molecule has 0 radical (unpaired) electrons. The van der Waals surface area contributed by atoms with E-state index in [1.807, 2.05) is 12.1 Å². The quantitative estimate of drug-likeness (QED) is 0.291. The van der Waals surface area contributed by atoms with Gasteiger partial charge >= 0.3 is 0 Å². The molecule has 0 atom stereocenters. The van der Waals surface area contributed by atoms with Gasteiger partial charge in [0, 0.05) is 7.11 Å². The van der Waals surface area contributed by atoms with Crippen LogP contribution in [0.2, 0.25) is 5.04 Å². The zero-order valence-corrected chi connectivity index (χ0v) is 17.3.